The van der Waals surface area contributed by atoms with E-state index in [2.05, 4.69) is 25.9 Å². The molecule has 0 amide bonds. The maximum absolute atomic E-state index is 12.3. The molecule has 1 aromatic carbocycles. The molecule has 33 heavy (non-hydrogen) atoms. The molecule has 0 N–H and O–H groups in total. The van der Waals surface area contributed by atoms with Gasteiger partial charge in [-0.05, 0) is 36.8 Å². The molecule has 1 heterocycles. The van der Waals surface area contributed by atoms with Crippen LogP contribution < -0.4 is 9.47 Å². The molecule has 12 heteroatoms. The summed E-state index contributed by atoms with van der Waals surface area (Å²) in [5, 5.41) is 0. The van der Waals surface area contributed by atoms with E-state index < -0.39 is 37.2 Å². The molecule has 0 aliphatic heterocycles. The van der Waals surface area contributed by atoms with Gasteiger partial charge in [0, 0.05) is 24.0 Å². The highest BCUT2D eigenvalue weighted by atomic mass is 79.9. The van der Waals surface area contributed by atoms with Crippen molar-refractivity contribution in [2.24, 2.45) is 0 Å². The zero-order valence-electron chi connectivity index (χ0n) is 17.9. The van der Waals surface area contributed by atoms with Crippen LogP contribution in [0.4, 0.5) is 13.2 Å². The molecule has 0 spiro atoms. The number of carbonyl (C=O) groups excluding carboxylic acids is 2. The lowest BCUT2D eigenvalue weighted by Gasteiger charge is -2.18. The van der Waals surface area contributed by atoms with Crippen molar-refractivity contribution in [3.63, 3.8) is 0 Å². The first-order chi connectivity index (χ1) is 15.6. The second-order valence-electron chi connectivity index (χ2n) is 6.64. The molecule has 0 unspecified atom stereocenters. The van der Waals surface area contributed by atoms with Crippen LogP contribution in [-0.2, 0) is 32.1 Å². The standard InChI is InChI=1S/C21H22BrF3N2O6/c1-3-30-19(29)18(33-13(2)28)11-14-10-15(22)4-5-17(14)32-12-16-6-8-26-20(27-16)31-9-7-21(23,24)25/h4-6,8,10,18H,3,7,9,11-12H2,1-2H3/t18-/m1/s1. The number of hydrogen-bond acceptors (Lipinski definition) is 8. The van der Waals surface area contributed by atoms with Crippen LogP contribution in [0, 0.1) is 0 Å². The van der Waals surface area contributed by atoms with Crippen LogP contribution >= 0.6 is 15.9 Å². The summed E-state index contributed by atoms with van der Waals surface area (Å²) in [5.74, 6) is -0.933. The van der Waals surface area contributed by atoms with Crippen molar-refractivity contribution in [3.05, 3.63) is 46.2 Å². The van der Waals surface area contributed by atoms with Crippen molar-refractivity contribution in [3.8, 4) is 11.8 Å². The number of ether oxygens (including phenoxy) is 4. The number of carbonyl (C=O) groups is 2. The van der Waals surface area contributed by atoms with Gasteiger partial charge in [0.2, 0.25) is 6.10 Å². The van der Waals surface area contributed by atoms with Gasteiger partial charge in [-0.2, -0.15) is 18.2 Å². The summed E-state index contributed by atoms with van der Waals surface area (Å²) >= 11 is 3.35. The molecule has 0 aliphatic carbocycles. The molecular formula is C21H22BrF3N2O6. The first-order valence-corrected chi connectivity index (χ1v) is 10.6. The summed E-state index contributed by atoms with van der Waals surface area (Å²) in [5.41, 5.74) is 0.919. The number of aromatic nitrogens is 2. The molecule has 180 valence electrons. The number of rotatable bonds is 11. The van der Waals surface area contributed by atoms with Gasteiger partial charge < -0.3 is 18.9 Å². The van der Waals surface area contributed by atoms with Crippen molar-refractivity contribution in [1.82, 2.24) is 9.97 Å². The Morgan fingerprint density at radius 1 is 1.18 bits per heavy atom. The first-order valence-electron chi connectivity index (χ1n) is 9.84. The van der Waals surface area contributed by atoms with E-state index in [4.69, 9.17) is 18.9 Å². The quantitative estimate of drug-likeness (QED) is 0.396. The van der Waals surface area contributed by atoms with Gasteiger partial charge in [0.25, 0.3) is 0 Å². The third-order valence-electron chi connectivity index (χ3n) is 3.97. The lowest BCUT2D eigenvalue weighted by atomic mass is 10.1. The number of nitrogens with zero attached hydrogens (tertiary/aromatic N) is 2. The fourth-order valence-electron chi connectivity index (χ4n) is 2.59. The summed E-state index contributed by atoms with van der Waals surface area (Å²) in [6.07, 6.45) is -5.28. The lowest BCUT2D eigenvalue weighted by molar-refractivity contribution is -0.166. The van der Waals surface area contributed by atoms with E-state index in [1.54, 1.807) is 25.1 Å². The van der Waals surface area contributed by atoms with Gasteiger partial charge in [-0.25, -0.2) is 9.78 Å². The maximum Gasteiger partial charge on any atom is 0.392 e. The van der Waals surface area contributed by atoms with E-state index in [1.165, 1.54) is 19.2 Å². The van der Waals surface area contributed by atoms with E-state index in [-0.39, 0.29) is 25.6 Å². The largest absolute Gasteiger partial charge is 0.487 e. The Kier molecular flexibility index (Phi) is 9.89. The lowest BCUT2D eigenvalue weighted by Crippen LogP contribution is -2.30. The Balaban J connectivity index is 2.10. The average molecular weight is 535 g/mol. The van der Waals surface area contributed by atoms with Crippen molar-refractivity contribution < 1.29 is 41.7 Å². The third kappa shape index (κ3) is 9.64. The predicted molar refractivity (Wildman–Crippen MR) is 113 cm³/mol. The molecule has 0 fully saturated rings. The number of alkyl halides is 3. The average Bonchev–Trinajstić information content (AvgIpc) is 2.72. The second-order valence-corrected chi connectivity index (χ2v) is 7.55. The van der Waals surface area contributed by atoms with Crippen LogP contribution in [0.25, 0.3) is 0 Å². The Morgan fingerprint density at radius 2 is 1.94 bits per heavy atom. The van der Waals surface area contributed by atoms with Gasteiger partial charge >= 0.3 is 24.1 Å². The fourth-order valence-corrected chi connectivity index (χ4v) is 3.00. The predicted octanol–water partition coefficient (Wildman–Crippen LogP) is 4.19. The highest BCUT2D eigenvalue weighted by Gasteiger charge is 2.27. The monoisotopic (exact) mass is 534 g/mol. The zero-order chi connectivity index (χ0) is 24.4. The summed E-state index contributed by atoms with van der Waals surface area (Å²) in [6.45, 7) is 2.30. The minimum Gasteiger partial charge on any atom is -0.487 e. The van der Waals surface area contributed by atoms with Crippen LogP contribution in [0.15, 0.2) is 34.9 Å². The number of benzene rings is 1. The van der Waals surface area contributed by atoms with E-state index in [1.807, 2.05) is 0 Å². The van der Waals surface area contributed by atoms with E-state index in [0.29, 0.717) is 21.5 Å². The third-order valence-corrected chi connectivity index (χ3v) is 4.46. The highest BCUT2D eigenvalue weighted by Crippen LogP contribution is 2.26. The fraction of sp³-hybridized carbons (Fsp3) is 0.429. The molecule has 2 rings (SSSR count). The van der Waals surface area contributed by atoms with E-state index in [9.17, 15) is 22.8 Å². The molecule has 2 aromatic rings. The number of hydrogen-bond donors (Lipinski definition) is 0. The van der Waals surface area contributed by atoms with Crippen LogP contribution in [0.5, 0.6) is 11.8 Å². The number of esters is 2. The Hall–Kier alpha value is -2.89. The smallest absolute Gasteiger partial charge is 0.392 e. The topological polar surface area (TPSA) is 96.8 Å². The highest BCUT2D eigenvalue weighted by molar-refractivity contribution is 9.10. The van der Waals surface area contributed by atoms with Crippen LogP contribution in [0.3, 0.4) is 0 Å². The molecule has 0 aliphatic rings. The van der Waals surface area contributed by atoms with E-state index in [0.717, 1.165) is 0 Å². The van der Waals surface area contributed by atoms with Gasteiger partial charge in [-0.3, -0.25) is 4.79 Å². The van der Waals surface area contributed by atoms with Crippen LogP contribution in [0.2, 0.25) is 0 Å². The molecule has 8 nitrogen and oxygen atoms in total. The summed E-state index contributed by atoms with van der Waals surface area (Å²) < 4.78 is 58.3. The zero-order valence-corrected chi connectivity index (χ0v) is 19.4. The SMILES string of the molecule is CCOC(=O)[C@@H](Cc1cc(Br)ccc1OCc1ccnc(OCCC(F)(F)F)n1)OC(C)=O. The van der Waals surface area contributed by atoms with Gasteiger partial charge in [0.15, 0.2) is 0 Å². The molecule has 1 aromatic heterocycles. The Morgan fingerprint density at radius 3 is 2.61 bits per heavy atom. The van der Waals surface area contributed by atoms with Gasteiger partial charge in [-0.1, -0.05) is 15.9 Å². The summed E-state index contributed by atoms with van der Waals surface area (Å²) in [7, 11) is 0. The van der Waals surface area contributed by atoms with Gasteiger partial charge in [-0.15, -0.1) is 0 Å². The first kappa shape index (κ1) is 26.4. The Bertz CT molecular complexity index is 958. The second kappa shape index (κ2) is 12.4. The van der Waals surface area contributed by atoms with Crippen LogP contribution in [0.1, 0.15) is 31.5 Å². The summed E-state index contributed by atoms with van der Waals surface area (Å²) in [6, 6.07) is 6.40. The van der Waals surface area contributed by atoms with Crippen LogP contribution in [-0.4, -0.2) is 47.4 Å². The van der Waals surface area contributed by atoms with Crippen molar-refractivity contribution in [1.29, 1.82) is 0 Å². The number of halogens is 4. The molecule has 1 atom stereocenters. The maximum atomic E-state index is 12.3. The minimum absolute atomic E-state index is 0.00274. The normalized spacial score (nSPS) is 12.1. The van der Waals surface area contributed by atoms with E-state index >= 15 is 0 Å². The summed E-state index contributed by atoms with van der Waals surface area (Å²) in [4.78, 5) is 31.4. The van der Waals surface area contributed by atoms with Crippen molar-refractivity contribution >= 4 is 27.9 Å². The molecular weight excluding hydrogens is 513 g/mol. The molecule has 0 saturated heterocycles. The Labute approximate surface area is 196 Å². The van der Waals surface area contributed by atoms with Crippen molar-refractivity contribution in [2.45, 2.75) is 45.6 Å². The minimum atomic E-state index is -4.34. The molecule has 0 radical (unpaired) electrons. The van der Waals surface area contributed by atoms with Crippen molar-refractivity contribution in [2.75, 3.05) is 13.2 Å². The molecule has 0 bridgehead atoms. The van der Waals surface area contributed by atoms with Gasteiger partial charge in [0.1, 0.15) is 19.0 Å². The molecule has 0 saturated carbocycles. The van der Waals surface area contributed by atoms with Gasteiger partial charge in [0.05, 0.1) is 18.7 Å².